The molecular formula is C14H19N3O. The second-order valence-electron chi connectivity index (χ2n) is 4.45. The van der Waals surface area contributed by atoms with Crippen LogP contribution in [0, 0.1) is 20.8 Å². The number of anilines is 1. The smallest absolute Gasteiger partial charge is 0.120 e. The molecule has 0 atom stereocenters. The number of aryl methyl sites for hydroxylation is 3. The number of aromatic amines is 1. The van der Waals surface area contributed by atoms with Gasteiger partial charge >= 0.3 is 0 Å². The number of nitrogens with zero attached hydrogens (tertiary/aromatic N) is 1. The van der Waals surface area contributed by atoms with Crippen molar-refractivity contribution in [3.8, 4) is 5.75 Å². The lowest BCUT2D eigenvalue weighted by atomic mass is 10.1. The van der Waals surface area contributed by atoms with Crippen molar-refractivity contribution >= 4 is 5.69 Å². The van der Waals surface area contributed by atoms with Crippen LogP contribution in [0.1, 0.15) is 22.5 Å². The van der Waals surface area contributed by atoms with Crippen LogP contribution >= 0.6 is 0 Å². The maximum Gasteiger partial charge on any atom is 0.120 e. The molecule has 96 valence electrons. The molecule has 0 spiro atoms. The topological polar surface area (TPSA) is 49.9 Å². The minimum atomic E-state index is 0.766. The molecule has 2 N–H and O–H groups in total. The molecule has 0 radical (unpaired) electrons. The minimum absolute atomic E-state index is 0.766. The number of ether oxygens (including phenoxy) is 1. The molecule has 1 heterocycles. The molecule has 18 heavy (non-hydrogen) atoms. The Balaban J connectivity index is 2.15. The van der Waals surface area contributed by atoms with Crippen LogP contribution in [-0.4, -0.2) is 17.3 Å². The van der Waals surface area contributed by atoms with E-state index in [0.717, 1.165) is 29.4 Å². The number of aromatic nitrogens is 2. The average molecular weight is 245 g/mol. The Morgan fingerprint density at radius 2 is 2.06 bits per heavy atom. The zero-order valence-corrected chi connectivity index (χ0v) is 11.3. The molecular weight excluding hydrogens is 226 g/mol. The number of nitrogens with one attached hydrogen (secondary N) is 2. The summed E-state index contributed by atoms with van der Waals surface area (Å²) in [7, 11) is 1.68. The van der Waals surface area contributed by atoms with Gasteiger partial charge in [0.25, 0.3) is 0 Å². The number of methoxy groups -OCH3 is 1. The second-order valence-corrected chi connectivity index (χ2v) is 4.45. The lowest BCUT2D eigenvalue weighted by Crippen LogP contribution is -2.03. The maximum absolute atomic E-state index is 5.24. The monoisotopic (exact) mass is 245 g/mol. The van der Waals surface area contributed by atoms with E-state index in [9.17, 15) is 0 Å². The Morgan fingerprint density at radius 3 is 2.67 bits per heavy atom. The summed E-state index contributed by atoms with van der Waals surface area (Å²) in [5, 5.41) is 10.6. The van der Waals surface area contributed by atoms with Crippen molar-refractivity contribution in [2.45, 2.75) is 27.3 Å². The fourth-order valence-electron chi connectivity index (χ4n) is 1.94. The number of hydrogen-bond acceptors (Lipinski definition) is 3. The summed E-state index contributed by atoms with van der Waals surface area (Å²) in [6.45, 7) is 6.90. The number of rotatable bonds is 4. The van der Waals surface area contributed by atoms with Crippen molar-refractivity contribution in [2.24, 2.45) is 0 Å². The van der Waals surface area contributed by atoms with Crippen molar-refractivity contribution in [3.63, 3.8) is 0 Å². The molecule has 0 amide bonds. The summed E-state index contributed by atoms with van der Waals surface area (Å²) >= 11 is 0. The van der Waals surface area contributed by atoms with E-state index in [2.05, 4.69) is 28.5 Å². The van der Waals surface area contributed by atoms with Gasteiger partial charge in [0.15, 0.2) is 0 Å². The predicted molar refractivity (Wildman–Crippen MR) is 73.1 cm³/mol. The Bertz CT molecular complexity index is 526. The molecule has 0 unspecified atom stereocenters. The van der Waals surface area contributed by atoms with Crippen molar-refractivity contribution < 1.29 is 4.74 Å². The number of H-pyrrole nitrogens is 1. The quantitative estimate of drug-likeness (QED) is 0.870. The van der Waals surface area contributed by atoms with Gasteiger partial charge < -0.3 is 10.1 Å². The SMILES string of the molecule is COc1ccc(C)c(NCc2c(C)n[nH]c2C)c1. The lowest BCUT2D eigenvalue weighted by molar-refractivity contribution is 0.415. The number of hydrogen-bond donors (Lipinski definition) is 2. The molecule has 0 bridgehead atoms. The van der Waals surface area contributed by atoms with E-state index >= 15 is 0 Å². The van der Waals surface area contributed by atoms with E-state index in [1.54, 1.807) is 7.11 Å². The van der Waals surface area contributed by atoms with Crippen molar-refractivity contribution in [2.75, 3.05) is 12.4 Å². The van der Waals surface area contributed by atoms with Gasteiger partial charge in [0, 0.05) is 29.6 Å². The van der Waals surface area contributed by atoms with Gasteiger partial charge in [-0.3, -0.25) is 5.10 Å². The first-order chi connectivity index (χ1) is 8.61. The molecule has 0 saturated carbocycles. The summed E-state index contributed by atoms with van der Waals surface area (Å²) in [6, 6.07) is 6.03. The third-order valence-electron chi connectivity index (χ3n) is 3.18. The van der Waals surface area contributed by atoms with Crippen LogP contribution in [-0.2, 0) is 6.54 Å². The van der Waals surface area contributed by atoms with Crippen LogP contribution in [0.15, 0.2) is 18.2 Å². The lowest BCUT2D eigenvalue weighted by Gasteiger charge is -2.11. The normalized spacial score (nSPS) is 10.4. The predicted octanol–water partition coefficient (Wildman–Crippen LogP) is 2.96. The van der Waals surface area contributed by atoms with Gasteiger partial charge in [-0.15, -0.1) is 0 Å². The summed E-state index contributed by atoms with van der Waals surface area (Å²) in [6.07, 6.45) is 0. The highest BCUT2D eigenvalue weighted by molar-refractivity contribution is 5.55. The molecule has 0 saturated heterocycles. The van der Waals surface area contributed by atoms with Crippen LogP contribution in [0.3, 0.4) is 0 Å². The highest BCUT2D eigenvalue weighted by Gasteiger charge is 2.07. The molecule has 0 fully saturated rings. The van der Waals surface area contributed by atoms with Crippen LogP contribution in [0.2, 0.25) is 0 Å². The fraction of sp³-hybridized carbons (Fsp3) is 0.357. The minimum Gasteiger partial charge on any atom is -0.497 e. The van der Waals surface area contributed by atoms with Gasteiger partial charge in [0.1, 0.15) is 5.75 Å². The van der Waals surface area contributed by atoms with Gasteiger partial charge in [0.05, 0.1) is 12.8 Å². The Hall–Kier alpha value is -1.97. The molecule has 4 nitrogen and oxygen atoms in total. The van der Waals surface area contributed by atoms with E-state index in [4.69, 9.17) is 4.74 Å². The largest absolute Gasteiger partial charge is 0.497 e. The Morgan fingerprint density at radius 1 is 1.28 bits per heavy atom. The standard InChI is InChI=1S/C14H19N3O/c1-9-5-6-12(18-4)7-14(9)15-8-13-10(2)16-17-11(13)3/h5-7,15H,8H2,1-4H3,(H,16,17). The van der Waals surface area contributed by atoms with Crippen LogP contribution in [0.4, 0.5) is 5.69 Å². The van der Waals surface area contributed by atoms with Crippen LogP contribution in [0.5, 0.6) is 5.75 Å². The van der Waals surface area contributed by atoms with Crippen LogP contribution in [0.25, 0.3) is 0 Å². The number of benzene rings is 1. The molecule has 4 heteroatoms. The van der Waals surface area contributed by atoms with Gasteiger partial charge in [0.2, 0.25) is 0 Å². The summed E-state index contributed by atoms with van der Waals surface area (Å²) in [4.78, 5) is 0. The Kier molecular flexibility index (Phi) is 3.55. The summed E-state index contributed by atoms with van der Waals surface area (Å²) in [5.74, 6) is 0.865. The first-order valence-corrected chi connectivity index (χ1v) is 6.00. The third kappa shape index (κ3) is 2.47. The molecule has 2 rings (SSSR count). The second kappa shape index (κ2) is 5.12. The van der Waals surface area contributed by atoms with Gasteiger partial charge in [-0.1, -0.05) is 6.07 Å². The zero-order valence-electron chi connectivity index (χ0n) is 11.3. The zero-order chi connectivity index (χ0) is 13.1. The van der Waals surface area contributed by atoms with Gasteiger partial charge in [-0.05, 0) is 32.4 Å². The molecule has 2 aromatic rings. The van der Waals surface area contributed by atoms with Crippen molar-refractivity contribution in [3.05, 3.63) is 40.7 Å². The first kappa shape index (κ1) is 12.5. The van der Waals surface area contributed by atoms with Crippen molar-refractivity contribution in [1.29, 1.82) is 0 Å². The highest BCUT2D eigenvalue weighted by Crippen LogP contribution is 2.22. The van der Waals surface area contributed by atoms with Crippen LogP contribution < -0.4 is 10.1 Å². The van der Waals surface area contributed by atoms with E-state index in [-0.39, 0.29) is 0 Å². The molecule has 1 aromatic carbocycles. The molecule has 0 aliphatic rings. The fourth-order valence-corrected chi connectivity index (χ4v) is 1.94. The highest BCUT2D eigenvalue weighted by atomic mass is 16.5. The van der Waals surface area contributed by atoms with E-state index < -0.39 is 0 Å². The van der Waals surface area contributed by atoms with Crippen molar-refractivity contribution in [1.82, 2.24) is 10.2 Å². The van der Waals surface area contributed by atoms with Gasteiger partial charge in [-0.25, -0.2) is 0 Å². The van der Waals surface area contributed by atoms with E-state index in [1.165, 1.54) is 11.1 Å². The van der Waals surface area contributed by atoms with E-state index in [0.29, 0.717) is 0 Å². The summed E-state index contributed by atoms with van der Waals surface area (Å²) < 4.78 is 5.24. The third-order valence-corrected chi connectivity index (χ3v) is 3.18. The first-order valence-electron chi connectivity index (χ1n) is 6.00. The van der Waals surface area contributed by atoms with E-state index in [1.807, 2.05) is 26.0 Å². The molecule has 1 aromatic heterocycles. The summed E-state index contributed by atoms with van der Waals surface area (Å²) in [5.41, 5.74) is 5.67. The van der Waals surface area contributed by atoms with Gasteiger partial charge in [-0.2, -0.15) is 5.10 Å². The molecule has 0 aliphatic heterocycles. The maximum atomic E-state index is 5.24. The average Bonchev–Trinajstić information content (AvgIpc) is 2.68. The molecule has 0 aliphatic carbocycles. The Labute approximate surface area is 107 Å².